The van der Waals surface area contributed by atoms with E-state index in [-0.39, 0.29) is 0 Å². The molecular formula is C16H14O4. The highest BCUT2D eigenvalue weighted by molar-refractivity contribution is 5.84. The summed E-state index contributed by atoms with van der Waals surface area (Å²) < 4.78 is 15.5. The van der Waals surface area contributed by atoms with Crippen molar-refractivity contribution in [2.24, 2.45) is 0 Å². The molecule has 0 spiro atoms. The highest BCUT2D eigenvalue weighted by Gasteiger charge is 2.08. The lowest BCUT2D eigenvalue weighted by molar-refractivity contribution is -0.129. The second kappa shape index (κ2) is 6.99. The smallest absolute Gasteiger partial charge is 0.339 e. The van der Waals surface area contributed by atoms with Crippen LogP contribution in [0.2, 0.25) is 0 Å². The van der Waals surface area contributed by atoms with Crippen molar-refractivity contribution in [3.05, 3.63) is 66.9 Å². The second-order valence-electron chi connectivity index (χ2n) is 3.82. The van der Waals surface area contributed by atoms with Crippen LogP contribution in [0.15, 0.2) is 66.9 Å². The van der Waals surface area contributed by atoms with Crippen LogP contribution in [0.3, 0.4) is 0 Å². The fraction of sp³-hybridized carbons (Fsp3) is 0.0625. The molecule has 0 bridgehead atoms. The van der Waals surface area contributed by atoms with Crippen molar-refractivity contribution in [1.82, 2.24) is 0 Å². The number of methoxy groups -OCH3 is 1. The Morgan fingerprint density at radius 1 is 0.950 bits per heavy atom. The molecule has 0 saturated carbocycles. The fourth-order valence-electron chi connectivity index (χ4n) is 1.50. The molecule has 2 rings (SSSR count). The van der Waals surface area contributed by atoms with Crippen LogP contribution in [-0.4, -0.2) is 13.1 Å². The van der Waals surface area contributed by atoms with Crippen molar-refractivity contribution in [3.63, 3.8) is 0 Å². The molecule has 4 heteroatoms. The molecule has 0 amide bonds. The Morgan fingerprint density at radius 3 is 2.30 bits per heavy atom. The monoisotopic (exact) mass is 270 g/mol. The predicted octanol–water partition coefficient (Wildman–Crippen LogP) is 3.54. The third-order valence-corrected chi connectivity index (χ3v) is 2.37. The number of benzene rings is 2. The van der Waals surface area contributed by atoms with E-state index in [1.807, 2.05) is 30.3 Å². The first-order valence-electron chi connectivity index (χ1n) is 6.02. The molecule has 2 aromatic rings. The van der Waals surface area contributed by atoms with Gasteiger partial charge in [0.25, 0.3) is 0 Å². The standard InChI is InChI=1S/C16H14O4/c1-18-12-11-16(17)20-15-10-6-5-9-14(15)19-13-7-3-2-4-8-13/h2-12H,1H3. The van der Waals surface area contributed by atoms with E-state index in [9.17, 15) is 4.79 Å². The third kappa shape index (κ3) is 3.88. The van der Waals surface area contributed by atoms with Gasteiger partial charge in [-0.15, -0.1) is 0 Å². The first-order valence-corrected chi connectivity index (χ1v) is 6.02. The minimum Gasteiger partial charge on any atom is -0.504 e. The third-order valence-electron chi connectivity index (χ3n) is 2.37. The molecule has 0 fully saturated rings. The van der Waals surface area contributed by atoms with Gasteiger partial charge < -0.3 is 14.2 Å². The van der Waals surface area contributed by atoms with E-state index in [2.05, 4.69) is 4.74 Å². The summed E-state index contributed by atoms with van der Waals surface area (Å²) in [6.45, 7) is 0. The van der Waals surface area contributed by atoms with Crippen molar-refractivity contribution >= 4 is 5.97 Å². The summed E-state index contributed by atoms with van der Waals surface area (Å²) in [5.74, 6) is 0.958. The lowest BCUT2D eigenvalue weighted by atomic mass is 10.3. The number of carbonyl (C=O) groups is 1. The average Bonchev–Trinajstić information content (AvgIpc) is 2.48. The van der Waals surface area contributed by atoms with E-state index in [1.54, 1.807) is 24.3 Å². The van der Waals surface area contributed by atoms with Gasteiger partial charge in [0.2, 0.25) is 0 Å². The molecule has 0 saturated heterocycles. The number of rotatable bonds is 5. The minimum atomic E-state index is -0.532. The van der Waals surface area contributed by atoms with Gasteiger partial charge >= 0.3 is 5.97 Å². The van der Waals surface area contributed by atoms with Crippen LogP contribution in [-0.2, 0) is 9.53 Å². The van der Waals surface area contributed by atoms with Crippen LogP contribution < -0.4 is 9.47 Å². The Balaban J connectivity index is 2.14. The molecule has 0 aliphatic rings. The van der Waals surface area contributed by atoms with Gasteiger partial charge in [-0.1, -0.05) is 30.3 Å². The molecule has 0 atom stereocenters. The molecule has 102 valence electrons. The SMILES string of the molecule is COC=CC(=O)Oc1ccccc1Oc1ccccc1. The number of para-hydroxylation sites is 3. The minimum absolute atomic E-state index is 0.349. The Bertz CT molecular complexity index is 590. The summed E-state index contributed by atoms with van der Waals surface area (Å²) in [6.07, 6.45) is 2.45. The van der Waals surface area contributed by atoms with E-state index in [4.69, 9.17) is 9.47 Å². The lowest BCUT2D eigenvalue weighted by Crippen LogP contribution is -2.04. The topological polar surface area (TPSA) is 44.8 Å². The van der Waals surface area contributed by atoms with Crippen molar-refractivity contribution in [2.45, 2.75) is 0 Å². The quantitative estimate of drug-likeness (QED) is 0.361. The molecule has 0 N–H and O–H groups in total. The van der Waals surface area contributed by atoms with Crippen LogP contribution in [0.5, 0.6) is 17.2 Å². The van der Waals surface area contributed by atoms with E-state index in [0.717, 1.165) is 0 Å². The normalized spacial score (nSPS) is 10.2. The highest BCUT2D eigenvalue weighted by Crippen LogP contribution is 2.31. The Labute approximate surface area is 117 Å². The first-order chi connectivity index (χ1) is 9.79. The van der Waals surface area contributed by atoms with Gasteiger partial charge in [-0.05, 0) is 24.3 Å². The van der Waals surface area contributed by atoms with E-state index < -0.39 is 5.97 Å². The van der Waals surface area contributed by atoms with Crippen LogP contribution >= 0.6 is 0 Å². The van der Waals surface area contributed by atoms with Crippen molar-refractivity contribution < 1.29 is 19.0 Å². The van der Waals surface area contributed by atoms with Crippen molar-refractivity contribution in [2.75, 3.05) is 7.11 Å². The molecule has 0 unspecified atom stereocenters. The fourth-order valence-corrected chi connectivity index (χ4v) is 1.50. The van der Waals surface area contributed by atoms with Crippen LogP contribution in [0.25, 0.3) is 0 Å². The zero-order valence-electron chi connectivity index (χ0n) is 11.0. The summed E-state index contributed by atoms with van der Waals surface area (Å²) in [4.78, 5) is 11.5. The zero-order chi connectivity index (χ0) is 14.2. The maximum atomic E-state index is 11.5. The van der Waals surface area contributed by atoms with Crippen molar-refractivity contribution in [1.29, 1.82) is 0 Å². The van der Waals surface area contributed by atoms with Crippen LogP contribution in [0, 0.1) is 0 Å². The molecule has 0 aliphatic carbocycles. The summed E-state index contributed by atoms with van der Waals surface area (Å²) in [7, 11) is 1.45. The van der Waals surface area contributed by atoms with Gasteiger partial charge in [-0.3, -0.25) is 0 Å². The summed E-state index contributed by atoms with van der Waals surface area (Å²) in [6, 6.07) is 16.2. The molecule has 0 radical (unpaired) electrons. The van der Waals surface area contributed by atoms with Crippen LogP contribution in [0.4, 0.5) is 0 Å². The number of hydrogen-bond acceptors (Lipinski definition) is 4. The molecule has 0 heterocycles. The van der Waals surface area contributed by atoms with E-state index in [1.165, 1.54) is 19.4 Å². The average molecular weight is 270 g/mol. The van der Waals surface area contributed by atoms with Gasteiger partial charge in [0.1, 0.15) is 5.75 Å². The van der Waals surface area contributed by atoms with Gasteiger partial charge in [-0.25, -0.2) is 4.79 Å². The van der Waals surface area contributed by atoms with Gasteiger partial charge in [-0.2, -0.15) is 0 Å². The molecule has 2 aromatic carbocycles. The zero-order valence-corrected chi connectivity index (χ0v) is 11.0. The largest absolute Gasteiger partial charge is 0.504 e. The number of ether oxygens (including phenoxy) is 3. The second-order valence-corrected chi connectivity index (χ2v) is 3.82. The van der Waals surface area contributed by atoms with Gasteiger partial charge in [0.15, 0.2) is 11.5 Å². The van der Waals surface area contributed by atoms with Crippen molar-refractivity contribution in [3.8, 4) is 17.2 Å². The Hall–Kier alpha value is -2.75. The molecular weight excluding hydrogens is 256 g/mol. The first kappa shape index (κ1) is 13.7. The maximum Gasteiger partial charge on any atom is 0.339 e. The Morgan fingerprint density at radius 2 is 1.60 bits per heavy atom. The molecule has 0 aliphatic heterocycles. The maximum absolute atomic E-state index is 11.5. The van der Waals surface area contributed by atoms with Gasteiger partial charge in [0, 0.05) is 0 Å². The van der Waals surface area contributed by atoms with Gasteiger partial charge in [0.05, 0.1) is 19.4 Å². The van der Waals surface area contributed by atoms with E-state index >= 15 is 0 Å². The summed E-state index contributed by atoms with van der Waals surface area (Å²) in [5.41, 5.74) is 0. The predicted molar refractivity (Wildman–Crippen MR) is 74.7 cm³/mol. The Kier molecular flexibility index (Phi) is 4.78. The number of hydrogen-bond donors (Lipinski definition) is 0. The molecule has 0 aromatic heterocycles. The highest BCUT2D eigenvalue weighted by atomic mass is 16.6. The molecule has 4 nitrogen and oxygen atoms in total. The van der Waals surface area contributed by atoms with Crippen LogP contribution in [0.1, 0.15) is 0 Å². The molecule has 20 heavy (non-hydrogen) atoms. The number of esters is 1. The summed E-state index contributed by atoms with van der Waals surface area (Å²) >= 11 is 0. The lowest BCUT2D eigenvalue weighted by Gasteiger charge is -2.10. The van der Waals surface area contributed by atoms with E-state index in [0.29, 0.717) is 17.2 Å². The summed E-state index contributed by atoms with van der Waals surface area (Å²) in [5, 5.41) is 0. The number of carbonyl (C=O) groups excluding carboxylic acids is 1.